The van der Waals surface area contributed by atoms with E-state index in [-0.39, 0.29) is 5.54 Å². The van der Waals surface area contributed by atoms with Crippen LogP contribution < -0.4 is 5.32 Å². The van der Waals surface area contributed by atoms with Crippen LogP contribution in [-0.4, -0.2) is 9.78 Å². The first-order valence-electron chi connectivity index (χ1n) is 5.37. The van der Waals surface area contributed by atoms with E-state index in [1.165, 1.54) is 4.88 Å². The fourth-order valence-corrected chi connectivity index (χ4v) is 2.03. The SMILES string of the molecule is CC(C)(C)n1cc(NCc2cccs2)cn1. The Morgan fingerprint density at radius 3 is 2.81 bits per heavy atom. The van der Waals surface area contributed by atoms with Crippen LogP contribution in [0.3, 0.4) is 0 Å². The van der Waals surface area contributed by atoms with Crippen molar-refractivity contribution >= 4 is 17.0 Å². The van der Waals surface area contributed by atoms with Crippen molar-refractivity contribution in [1.82, 2.24) is 9.78 Å². The molecule has 0 amide bonds. The third kappa shape index (κ3) is 2.64. The van der Waals surface area contributed by atoms with Gasteiger partial charge in [-0.15, -0.1) is 11.3 Å². The van der Waals surface area contributed by atoms with E-state index in [1.807, 2.05) is 17.1 Å². The zero-order chi connectivity index (χ0) is 11.6. The smallest absolute Gasteiger partial charge is 0.0729 e. The summed E-state index contributed by atoms with van der Waals surface area (Å²) in [6.45, 7) is 7.29. The summed E-state index contributed by atoms with van der Waals surface area (Å²) in [5.74, 6) is 0. The first kappa shape index (κ1) is 11.2. The molecule has 0 unspecified atom stereocenters. The van der Waals surface area contributed by atoms with Gasteiger partial charge in [0.05, 0.1) is 17.4 Å². The van der Waals surface area contributed by atoms with Crippen LogP contribution >= 0.6 is 11.3 Å². The minimum absolute atomic E-state index is 0.0445. The van der Waals surface area contributed by atoms with Gasteiger partial charge in [-0.05, 0) is 32.2 Å². The topological polar surface area (TPSA) is 29.9 Å². The van der Waals surface area contributed by atoms with Gasteiger partial charge in [0.15, 0.2) is 0 Å². The Kier molecular flexibility index (Phi) is 3.01. The first-order valence-corrected chi connectivity index (χ1v) is 6.25. The highest BCUT2D eigenvalue weighted by Crippen LogP contribution is 2.17. The number of rotatable bonds is 3. The maximum absolute atomic E-state index is 4.34. The van der Waals surface area contributed by atoms with E-state index in [0.29, 0.717) is 0 Å². The molecule has 0 saturated carbocycles. The summed E-state index contributed by atoms with van der Waals surface area (Å²) in [6, 6.07) is 4.20. The Morgan fingerprint density at radius 2 is 2.25 bits per heavy atom. The number of nitrogens with one attached hydrogen (secondary N) is 1. The number of anilines is 1. The summed E-state index contributed by atoms with van der Waals surface area (Å²) < 4.78 is 1.98. The van der Waals surface area contributed by atoms with Crippen LogP contribution in [0.25, 0.3) is 0 Å². The molecular weight excluding hydrogens is 218 g/mol. The van der Waals surface area contributed by atoms with Gasteiger partial charge in [0, 0.05) is 17.6 Å². The lowest BCUT2D eigenvalue weighted by atomic mass is 10.1. The minimum Gasteiger partial charge on any atom is -0.378 e. The molecule has 4 heteroatoms. The van der Waals surface area contributed by atoms with Crippen molar-refractivity contribution in [3.05, 3.63) is 34.8 Å². The molecule has 2 aromatic heterocycles. The molecule has 1 N–H and O–H groups in total. The highest BCUT2D eigenvalue weighted by Gasteiger charge is 2.13. The van der Waals surface area contributed by atoms with Crippen molar-refractivity contribution in [1.29, 1.82) is 0 Å². The van der Waals surface area contributed by atoms with Gasteiger partial charge in [0.1, 0.15) is 0 Å². The molecule has 0 bridgehead atoms. The van der Waals surface area contributed by atoms with Gasteiger partial charge in [0.25, 0.3) is 0 Å². The van der Waals surface area contributed by atoms with Crippen molar-refractivity contribution in [2.75, 3.05) is 5.32 Å². The summed E-state index contributed by atoms with van der Waals surface area (Å²) >= 11 is 1.76. The third-order valence-corrected chi connectivity index (χ3v) is 3.19. The molecule has 2 rings (SSSR count). The van der Waals surface area contributed by atoms with E-state index in [9.17, 15) is 0 Å². The predicted octanol–water partition coefficient (Wildman–Crippen LogP) is 3.31. The molecule has 16 heavy (non-hydrogen) atoms. The highest BCUT2D eigenvalue weighted by molar-refractivity contribution is 7.09. The number of hydrogen-bond donors (Lipinski definition) is 1. The van der Waals surface area contributed by atoms with E-state index < -0.39 is 0 Å². The molecule has 2 aromatic rings. The number of thiophene rings is 1. The van der Waals surface area contributed by atoms with Crippen LogP contribution in [0.15, 0.2) is 29.9 Å². The van der Waals surface area contributed by atoms with Crippen molar-refractivity contribution in [2.24, 2.45) is 0 Å². The standard InChI is InChI=1S/C12H17N3S/c1-12(2,3)15-9-10(7-14-15)13-8-11-5-4-6-16-11/h4-7,9,13H,8H2,1-3H3. The van der Waals surface area contributed by atoms with Crippen LogP contribution in [0.1, 0.15) is 25.6 Å². The zero-order valence-corrected chi connectivity index (χ0v) is 10.7. The third-order valence-electron chi connectivity index (χ3n) is 2.32. The van der Waals surface area contributed by atoms with E-state index in [1.54, 1.807) is 11.3 Å². The quantitative estimate of drug-likeness (QED) is 0.884. The maximum atomic E-state index is 4.34. The van der Waals surface area contributed by atoms with E-state index in [0.717, 1.165) is 12.2 Å². The Bertz CT molecular complexity index is 437. The van der Waals surface area contributed by atoms with Gasteiger partial charge in [-0.1, -0.05) is 6.07 Å². The lowest BCUT2D eigenvalue weighted by molar-refractivity contribution is 0.355. The molecule has 0 spiro atoms. The van der Waals surface area contributed by atoms with Gasteiger partial charge >= 0.3 is 0 Å². The number of nitrogens with zero attached hydrogens (tertiary/aromatic N) is 2. The van der Waals surface area contributed by atoms with Gasteiger partial charge in [-0.3, -0.25) is 4.68 Å². The number of hydrogen-bond acceptors (Lipinski definition) is 3. The van der Waals surface area contributed by atoms with Crippen molar-refractivity contribution in [3.63, 3.8) is 0 Å². The fourth-order valence-electron chi connectivity index (χ4n) is 1.38. The van der Waals surface area contributed by atoms with E-state index in [4.69, 9.17) is 0 Å². The molecule has 0 aliphatic carbocycles. The van der Waals surface area contributed by atoms with Crippen molar-refractivity contribution in [2.45, 2.75) is 32.9 Å². The summed E-state index contributed by atoms with van der Waals surface area (Å²) in [6.07, 6.45) is 3.92. The molecule has 0 radical (unpaired) electrons. The molecule has 0 saturated heterocycles. The van der Waals surface area contributed by atoms with Gasteiger partial charge in [0.2, 0.25) is 0 Å². The molecule has 0 aliphatic rings. The van der Waals surface area contributed by atoms with Crippen LogP contribution in [0.4, 0.5) is 5.69 Å². The summed E-state index contributed by atoms with van der Waals surface area (Å²) in [7, 11) is 0. The average molecular weight is 235 g/mol. The Morgan fingerprint density at radius 1 is 1.44 bits per heavy atom. The van der Waals surface area contributed by atoms with E-state index in [2.05, 4.69) is 48.7 Å². The van der Waals surface area contributed by atoms with Crippen LogP contribution in [-0.2, 0) is 12.1 Å². The second-order valence-corrected chi connectivity index (χ2v) is 5.81. The molecule has 0 aliphatic heterocycles. The second-order valence-electron chi connectivity index (χ2n) is 4.78. The predicted molar refractivity (Wildman–Crippen MR) is 68.9 cm³/mol. The second kappa shape index (κ2) is 4.29. The first-order chi connectivity index (χ1) is 7.55. The monoisotopic (exact) mass is 235 g/mol. The lowest BCUT2D eigenvalue weighted by Crippen LogP contribution is -2.21. The van der Waals surface area contributed by atoms with Crippen LogP contribution in [0.5, 0.6) is 0 Å². The van der Waals surface area contributed by atoms with E-state index >= 15 is 0 Å². The van der Waals surface area contributed by atoms with Gasteiger partial charge in [-0.25, -0.2) is 0 Å². The maximum Gasteiger partial charge on any atom is 0.0729 e. The largest absolute Gasteiger partial charge is 0.378 e. The molecular formula is C12H17N3S. The molecule has 0 atom stereocenters. The molecule has 3 nitrogen and oxygen atoms in total. The molecule has 2 heterocycles. The highest BCUT2D eigenvalue weighted by atomic mass is 32.1. The zero-order valence-electron chi connectivity index (χ0n) is 9.90. The van der Waals surface area contributed by atoms with Gasteiger partial charge < -0.3 is 5.32 Å². The molecule has 0 fully saturated rings. The lowest BCUT2D eigenvalue weighted by Gasteiger charge is -2.18. The molecule has 0 aromatic carbocycles. The summed E-state index contributed by atoms with van der Waals surface area (Å²) in [5, 5.41) is 9.80. The van der Waals surface area contributed by atoms with Crippen molar-refractivity contribution in [3.8, 4) is 0 Å². The summed E-state index contributed by atoms with van der Waals surface area (Å²) in [4.78, 5) is 1.34. The van der Waals surface area contributed by atoms with Crippen molar-refractivity contribution < 1.29 is 0 Å². The summed E-state index contributed by atoms with van der Waals surface area (Å²) in [5.41, 5.74) is 1.12. The normalized spacial score (nSPS) is 11.7. The Labute approximate surface area is 100 Å². The van der Waals surface area contributed by atoms with Gasteiger partial charge in [-0.2, -0.15) is 5.10 Å². The average Bonchev–Trinajstić information content (AvgIpc) is 2.85. The van der Waals surface area contributed by atoms with Crippen LogP contribution in [0, 0.1) is 0 Å². The molecule has 86 valence electrons. The fraction of sp³-hybridized carbons (Fsp3) is 0.417. The Balaban J connectivity index is 1.98. The minimum atomic E-state index is 0.0445. The Hall–Kier alpha value is -1.29. The number of aromatic nitrogens is 2. The van der Waals surface area contributed by atoms with Crippen LogP contribution in [0.2, 0.25) is 0 Å².